The van der Waals surface area contributed by atoms with Gasteiger partial charge in [0.2, 0.25) is 5.91 Å². The molecule has 1 aliphatic rings. The Morgan fingerprint density at radius 1 is 1.58 bits per heavy atom. The number of nitrogens with one attached hydrogen (secondary N) is 2. The molecule has 1 aliphatic heterocycles. The van der Waals surface area contributed by atoms with Crippen LogP contribution in [0.25, 0.3) is 0 Å². The highest BCUT2D eigenvalue weighted by molar-refractivity contribution is 6.34. The molecule has 1 fully saturated rings. The SMILES string of the molecule is CC1(C(=O)Nc2ccc([N+](=O)[O-])cc2Cl)CCNC1. The largest absolute Gasteiger partial charge is 0.324 e. The molecule has 7 heteroatoms. The number of halogens is 1. The topological polar surface area (TPSA) is 84.3 Å². The van der Waals surface area contributed by atoms with Gasteiger partial charge in [0.15, 0.2) is 0 Å². The van der Waals surface area contributed by atoms with E-state index in [1.165, 1.54) is 18.2 Å². The van der Waals surface area contributed by atoms with Gasteiger partial charge in [-0.3, -0.25) is 14.9 Å². The van der Waals surface area contributed by atoms with Gasteiger partial charge in [0.1, 0.15) is 0 Å². The summed E-state index contributed by atoms with van der Waals surface area (Å²) in [5, 5.41) is 16.6. The fourth-order valence-electron chi connectivity index (χ4n) is 2.00. The number of nitro groups is 1. The minimum Gasteiger partial charge on any atom is -0.324 e. The van der Waals surface area contributed by atoms with Gasteiger partial charge >= 0.3 is 0 Å². The number of hydrogen-bond donors (Lipinski definition) is 2. The number of hydrogen-bond acceptors (Lipinski definition) is 4. The summed E-state index contributed by atoms with van der Waals surface area (Å²) in [5.41, 5.74) is -0.174. The summed E-state index contributed by atoms with van der Waals surface area (Å²) in [4.78, 5) is 22.2. The zero-order valence-corrected chi connectivity index (χ0v) is 11.2. The molecule has 0 saturated carbocycles. The minimum atomic E-state index is -0.528. The van der Waals surface area contributed by atoms with Crippen LogP contribution in [0.1, 0.15) is 13.3 Å². The highest BCUT2D eigenvalue weighted by Gasteiger charge is 2.36. The Morgan fingerprint density at radius 2 is 2.32 bits per heavy atom. The molecule has 0 radical (unpaired) electrons. The van der Waals surface area contributed by atoms with Gasteiger partial charge in [-0.05, 0) is 26.0 Å². The first kappa shape index (κ1) is 13.8. The minimum absolute atomic E-state index is 0.100. The monoisotopic (exact) mass is 283 g/mol. The molecule has 1 amide bonds. The van der Waals surface area contributed by atoms with Crippen molar-refractivity contribution in [1.82, 2.24) is 5.32 Å². The first-order valence-electron chi connectivity index (χ1n) is 5.88. The van der Waals surface area contributed by atoms with Crippen LogP contribution in [0.2, 0.25) is 5.02 Å². The van der Waals surface area contributed by atoms with E-state index < -0.39 is 10.3 Å². The van der Waals surface area contributed by atoms with Crippen molar-refractivity contribution in [3.63, 3.8) is 0 Å². The molecule has 6 nitrogen and oxygen atoms in total. The summed E-state index contributed by atoms with van der Waals surface area (Å²) in [6, 6.07) is 3.99. The average Bonchev–Trinajstić information content (AvgIpc) is 2.80. The number of rotatable bonds is 3. The Bertz CT molecular complexity index is 527. The van der Waals surface area contributed by atoms with Crippen LogP contribution in [0.15, 0.2) is 18.2 Å². The second kappa shape index (κ2) is 5.14. The maximum absolute atomic E-state index is 12.2. The van der Waals surface area contributed by atoms with Crippen LogP contribution in [-0.4, -0.2) is 23.9 Å². The lowest BCUT2D eigenvalue weighted by Gasteiger charge is -2.21. The summed E-state index contributed by atoms with van der Waals surface area (Å²) in [7, 11) is 0. The van der Waals surface area contributed by atoms with E-state index in [0.717, 1.165) is 13.0 Å². The van der Waals surface area contributed by atoms with Gasteiger partial charge in [-0.1, -0.05) is 11.6 Å². The van der Waals surface area contributed by atoms with E-state index in [2.05, 4.69) is 10.6 Å². The van der Waals surface area contributed by atoms with Crippen molar-refractivity contribution >= 4 is 28.9 Å². The molecule has 0 aromatic heterocycles. The van der Waals surface area contributed by atoms with Gasteiger partial charge in [-0.25, -0.2) is 0 Å². The molecular weight excluding hydrogens is 270 g/mol. The Kier molecular flexibility index (Phi) is 3.73. The highest BCUT2D eigenvalue weighted by Crippen LogP contribution is 2.30. The van der Waals surface area contributed by atoms with Crippen LogP contribution < -0.4 is 10.6 Å². The van der Waals surface area contributed by atoms with E-state index >= 15 is 0 Å². The van der Waals surface area contributed by atoms with E-state index in [9.17, 15) is 14.9 Å². The van der Waals surface area contributed by atoms with E-state index in [1.54, 1.807) is 0 Å². The predicted molar refractivity (Wildman–Crippen MR) is 72.3 cm³/mol. The molecule has 1 heterocycles. The fraction of sp³-hybridized carbons (Fsp3) is 0.417. The van der Waals surface area contributed by atoms with Crippen molar-refractivity contribution in [3.8, 4) is 0 Å². The van der Waals surface area contributed by atoms with Gasteiger partial charge in [0.25, 0.3) is 5.69 Å². The second-order valence-electron chi connectivity index (χ2n) is 4.86. The molecular formula is C12H14ClN3O3. The van der Waals surface area contributed by atoms with Crippen molar-refractivity contribution < 1.29 is 9.72 Å². The molecule has 1 saturated heterocycles. The number of carbonyl (C=O) groups excluding carboxylic acids is 1. The quantitative estimate of drug-likeness (QED) is 0.658. The summed E-state index contributed by atoms with van der Waals surface area (Å²) in [6.07, 6.45) is 0.753. The smallest absolute Gasteiger partial charge is 0.271 e. The van der Waals surface area contributed by atoms with Crippen molar-refractivity contribution in [2.24, 2.45) is 5.41 Å². The molecule has 19 heavy (non-hydrogen) atoms. The van der Waals surface area contributed by atoms with Crippen molar-refractivity contribution in [2.75, 3.05) is 18.4 Å². The number of non-ortho nitro benzene ring substituents is 1. The first-order valence-corrected chi connectivity index (χ1v) is 6.26. The third-order valence-corrected chi connectivity index (χ3v) is 3.64. The lowest BCUT2D eigenvalue weighted by Crippen LogP contribution is -2.35. The van der Waals surface area contributed by atoms with Gasteiger partial charge in [-0.15, -0.1) is 0 Å². The molecule has 1 unspecified atom stereocenters. The Hall–Kier alpha value is -1.66. The number of nitro benzene ring substituents is 1. The standard InChI is InChI=1S/C12H14ClN3O3/c1-12(4-5-14-7-12)11(17)15-10-3-2-8(16(18)19)6-9(10)13/h2-3,6,14H,4-5,7H2,1H3,(H,15,17). The Balaban J connectivity index is 2.15. The number of carbonyl (C=O) groups is 1. The number of benzene rings is 1. The summed E-state index contributed by atoms with van der Waals surface area (Å²) in [6.45, 7) is 3.29. The summed E-state index contributed by atoms with van der Waals surface area (Å²) >= 11 is 5.93. The number of amides is 1. The maximum atomic E-state index is 12.2. The molecule has 1 aromatic rings. The van der Waals surface area contributed by atoms with Crippen LogP contribution in [0.4, 0.5) is 11.4 Å². The van der Waals surface area contributed by atoms with Crippen molar-refractivity contribution in [3.05, 3.63) is 33.3 Å². The van der Waals surface area contributed by atoms with E-state index in [1.807, 2.05) is 6.92 Å². The maximum Gasteiger partial charge on any atom is 0.271 e. The van der Waals surface area contributed by atoms with Crippen LogP contribution in [-0.2, 0) is 4.79 Å². The number of anilines is 1. The first-order chi connectivity index (χ1) is 8.92. The van der Waals surface area contributed by atoms with Crippen molar-refractivity contribution in [2.45, 2.75) is 13.3 Å². The lowest BCUT2D eigenvalue weighted by atomic mass is 9.89. The normalized spacial score (nSPS) is 22.2. The van der Waals surface area contributed by atoms with Crippen LogP contribution >= 0.6 is 11.6 Å². The fourth-order valence-corrected chi connectivity index (χ4v) is 2.22. The second-order valence-corrected chi connectivity index (χ2v) is 5.27. The molecule has 2 rings (SSSR count). The molecule has 0 bridgehead atoms. The summed E-state index contributed by atoms with van der Waals surface area (Å²) in [5.74, 6) is -0.131. The molecule has 2 N–H and O–H groups in total. The van der Waals surface area contributed by atoms with Gasteiger partial charge < -0.3 is 10.6 Å². The third kappa shape index (κ3) is 2.85. The van der Waals surface area contributed by atoms with E-state index in [4.69, 9.17) is 11.6 Å². The van der Waals surface area contributed by atoms with Gasteiger partial charge in [-0.2, -0.15) is 0 Å². The molecule has 0 spiro atoms. The average molecular weight is 284 g/mol. The zero-order chi connectivity index (χ0) is 14.0. The van der Waals surface area contributed by atoms with E-state index in [-0.39, 0.29) is 16.6 Å². The lowest BCUT2D eigenvalue weighted by molar-refractivity contribution is -0.384. The van der Waals surface area contributed by atoms with Gasteiger partial charge in [0.05, 0.1) is 21.0 Å². The molecule has 1 aromatic carbocycles. The van der Waals surface area contributed by atoms with Crippen LogP contribution in [0.5, 0.6) is 0 Å². The van der Waals surface area contributed by atoms with E-state index in [0.29, 0.717) is 12.2 Å². The predicted octanol–water partition coefficient (Wildman–Crippen LogP) is 2.19. The van der Waals surface area contributed by atoms with Crippen LogP contribution in [0.3, 0.4) is 0 Å². The molecule has 0 aliphatic carbocycles. The Morgan fingerprint density at radius 3 is 2.84 bits per heavy atom. The highest BCUT2D eigenvalue weighted by atomic mass is 35.5. The molecule has 102 valence electrons. The summed E-state index contributed by atoms with van der Waals surface area (Å²) < 4.78 is 0. The van der Waals surface area contributed by atoms with Crippen molar-refractivity contribution in [1.29, 1.82) is 0 Å². The van der Waals surface area contributed by atoms with Gasteiger partial charge in [0, 0.05) is 18.7 Å². The zero-order valence-electron chi connectivity index (χ0n) is 10.4. The number of nitrogens with zero attached hydrogens (tertiary/aromatic N) is 1. The Labute approximate surface area is 115 Å². The molecule has 1 atom stereocenters. The van der Waals surface area contributed by atoms with Crippen LogP contribution in [0, 0.1) is 15.5 Å². The third-order valence-electron chi connectivity index (χ3n) is 3.33.